The van der Waals surface area contributed by atoms with Crippen molar-refractivity contribution in [2.45, 2.75) is 57.0 Å². The van der Waals surface area contributed by atoms with E-state index in [1.807, 2.05) is 20.8 Å². The molecule has 0 N–H and O–H groups in total. The summed E-state index contributed by atoms with van der Waals surface area (Å²) in [7, 11) is 0. The number of esters is 1. The van der Waals surface area contributed by atoms with Gasteiger partial charge in [-0.2, -0.15) is 12.6 Å². The molecule has 1 heterocycles. The third kappa shape index (κ3) is 5.13. The monoisotopic (exact) mass is 383 g/mol. The predicted molar refractivity (Wildman–Crippen MR) is 99.7 cm³/mol. The number of halogens is 1. The van der Waals surface area contributed by atoms with E-state index >= 15 is 0 Å². The van der Waals surface area contributed by atoms with Crippen LogP contribution >= 0.6 is 12.6 Å². The van der Waals surface area contributed by atoms with Crippen molar-refractivity contribution in [3.8, 4) is 0 Å². The molecule has 1 aromatic carbocycles. The summed E-state index contributed by atoms with van der Waals surface area (Å²) in [5, 5.41) is -0.573. The second kappa shape index (κ2) is 7.86. The van der Waals surface area contributed by atoms with Crippen molar-refractivity contribution in [2.75, 3.05) is 13.1 Å². The second-order valence-corrected chi connectivity index (χ2v) is 8.34. The van der Waals surface area contributed by atoms with E-state index in [0.29, 0.717) is 31.5 Å². The lowest BCUT2D eigenvalue weighted by molar-refractivity contribution is -0.165. The van der Waals surface area contributed by atoms with E-state index in [9.17, 15) is 14.0 Å². The van der Waals surface area contributed by atoms with Crippen LogP contribution in [0.2, 0.25) is 0 Å². The number of rotatable bonds is 3. The number of carbonyl (C=O) groups is 2. The molecule has 0 bridgehead atoms. The Morgan fingerprint density at radius 1 is 1.19 bits per heavy atom. The number of piperidine rings is 1. The summed E-state index contributed by atoms with van der Waals surface area (Å²) in [6.07, 6.45) is 0.424. The average molecular weight is 383 g/mol. The Hall–Kier alpha value is -1.76. The van der Waals surface area contributed by atoms with Crippen LogP contribution in [-0.4, -0.2) is 40.9 Å². The van der Waals surface area contributed by atoms with Crippen molar-refractivity contribution in [3.05, 3.63) is 35.6 Å². The van der Waals surface area contributed by atoms with Crippen LogP contribution in [0.15, 0.2) is 24.3 Å². The fourth-order valence-corrected chi connectivity index (χ4v) is 2.91. The topological polar surface area (TPSA) is 55.8 Å². The standard InChI is InChI=1S/C19H26FNO4S/c1-13(26)16(22)24-19(14-5-7-15(20)8-6-14)9-11-21(12-10-19)17(23)25-18(2,3)4/h5-8,13,26H,9-12H2,1-4H3. The lowest BCUT2D eigenvalue weighted by Crippen LogP contribution is -2.49. The number of likely N-dealkylation sites (tertiary alicyclic amines) is 1. The van der Waals surface area contributed by atoms with Gasteiger partial charge in [0.15, 0.2) is 0 Å². The molecule has 0 aromatic heterocycles. The molecule has 1 unspecified atom stereocenters. The first-order chi connectivity index (χ1) is 12.0. The van der Waals surface area contributed by atoms with Gasteiger partial charge in [0.25, 0.3) is 0 Å². The first-order valence-corrected chi connectivity index (χ1v) is 9.19. The van der Waals surface area contributed by atoms with Crippen molar-refractivity contribution in [1.29, 1.82) is 0 Å². The smallest absolute Gasteiger partial charge is 0.410 e. The molecule has 0 radical (unpaired) electrons. The van der Waals surface area contributed by atoms with E-state index in [1.54, 1.807) is 24.0 Å². The number of hydrogen-bond acceptors (Lipinski definition) is 5. The summed E-state index contributed by atoms with van der Waals surface area (Å²) in [5.41, 5.74) is -0.762. The van der Waals surface area contributed by atoms with E-state index in [2.05, 4.69) is 12.6 Å². The highest BCUT2D eigenvalue weighted by Gasteiger charge is 2.42. The Bertz CT molecular complexity index is 646. The van der Waals surface area contributed by atoms with Crippen LogP contribution in [0, 0.1) is 5.82 Å². The molecule has 26 heavy (non-hydrogen) atoms. The number of hydrogen-bond donors (Lipinski definition) is 1. The zero-order valence-corrected chi connectivity index (χ0v) is 16.5. The molecular weight excluding hydrogens is 357 g/mol. The van der Waals surface area contributed by atoms with Crippen LogP contribution < -0.4 is 0 Å². The third-order valence-electron chi connectivity index (χ3n) is 4.23. The van der Waals surface area contributed by atoms with E-state index in [-0.39, 0.29) is 11.9 Å². The molecule has 144 valence electrons. The minimum absolute atomic E-state index is 0.357. The van der Waals surface area contributed by atoms with Crippen LogP contribution in [0.25, 0.3) is 0 Å². The maximum atomic E-state index is 13.3. The van der Waals surface area contributed by atoms with Crippen LogP contribution in [0.5, 0.6) is 0 Å². The van der Waals surface area contributed by atoms with Gasteiger partial charge in [0, 0.05) is 25.9 Å². The molecule has 0 spiro atoms. The van der Waals surface area contributed by atoms with E-state index in [0.717, 1.165) is 0 Å². The maximum Gasteiger partial charge on any atom is 0.410 e. The van der Waals surface area contributed by atoms with Gasteiger partial charge in [0.1, 0.15) is 17.0 Å². The van der Waals surface area contributed by atoms with Gasteiger partial charge >= 0.3 is 12.1 Å². The van der Waals surface area contributed by atoms with Gasteiger partial charge < -0.3 is 14.4 Å². The molecule has 1 atom stereocenters. The molecule has 2 rings (SSSR count). The molecule has 1 fully saturated rings. The maximum absolute atomic E-state index is 13.3. The van der Waals surface area contributed by atoms with Crippen molar-refractivity contribution in [2.24, 2.45) is 0 Å². The van der Waals surface area contributed by atoms with Gasteiger partial charge in [-0.15, -0.1) is 0 Å². The van der Waals surface area contributed by atoms with Crippen molar-refractivity contribution < 1.29 is 23.5 Å². The summed E-state index contributed by atoms with van der Waals surface area (Å²) in [6.45, 7) is 7.83. The van der Waals surface area contributed by atoms with Gasteiger partial charge in [-0.05, 0) is 45.4 Å². The lowest BCUT2D eigenvalue weighted by atomic mass is 9.84. The van der Waals surface area contributed by atoms with Crippen LogP contribution in [-0.2, 0) is 19.9 Å². The molecule has 0 saturated carbocycles. The van der Waals surface area contributed by atoms with Gasteiger partial charge in [0.05, 0.1) is 5.25 Å². The fourth-order valence-electron chi connectivity index (χ4n) is 2.86. The van der Waals surface area contributed by atoms with E-state index < -0.39 is 22.4 Å². The number of carbonyl (C=O) groups excluding carboxylic acids is 2. The van der Waals surface area contributed by atoms with Crippen LogP contribution in [0.3, 0.4) is 0 Å². The SMILES string of the molecule is CC(S)C(=O)OC1(c2ccc(F)cc2)CCN(C(=O)OC(C)(C)C)CC1. The molecule has 1 aromatic rings. The highest BCUT2D eigenvalue weighted by Crippen LogP contribution is 2.38. The van der Waals surface area contributed by atoms with Gasteiger partial charge in [0.2, 0.25) is 0 Å². The van der Waals surface area contributed by atoms with E-state index in [4.69, 9.17) is 9.47 Å². The quantitative estimate of drug-likeness (QED) is 0.635. The zero-order chi connectivity index (χ0) is 19.5. The minimum atomic E-state index is -0.902. The Morgan fingerprint density at radius 2 is 1.73 bits per heavy atom. The third-order valence-corrected chi connectivity index (χ3v) is 4.44. The summed E-state index contributed by atoms with van der Waals surface area (Å²) in [5.74, 6) is -0.799. The lowest BCUT2D eigenvalue weighted by Gasteiger charge is -2.42. The molecule has 1 saturated heterocycles. The van der Waals surface area contributed by atoms with Crippen LogP contribution in [0.4, 0.5) is 9.18 Å². The highest BCUT2D eigenvalue weighted by molar-refractivity contribution is 7.81. The average Bonchev–Trinajstić information content (AvgIpc) is 2.54. The summed E-state index contributed by atoms with van der Waals surface area (Å²) in [6, 6.07) is 5.93. The first kappa shape index (κ1) is 20.6. The van der Waals surface area contributed by atoms with Gasteiger partial charge in [-0.3, -0.25) is 4.79 Å². The molecule has 1 aliphatic heterocycles. The first-order valence-electron chi connectivity index (χ1n) is 8.67. The molecule has 0 aliphatic carbocycles. The molecule has 7 heteroatoms. The zero-order valence-electron chi connectivity index (χ0n) is 15.6. The number of amides is 1. The fraction of sp³-hybridized carbons (Fsp3) is 0.579. The Labute approximate surface area is 159 Å². The summed E-state index contributed by atoms with van der Waals surface area (Å²) in [4.78, 5) is 26.1. The Balaban J connectivity index is 2.19. The minimum Gasteiger partial charge on any atom is -0.453 e. The molecular formula is C19H26FNO4S. The number of benzene rings is 1. The summed E-state index contributed by atoms with van der Waals surface area (Å²) < 4.78 is 24.5. The number of nitrogens with zero attached hydrogens (tertiary/aromatic N) is 1. The number of ether oxygens (including phenoxy) is 2. The van der Waals surface area contributed by atoms with E-state index in [1.165, 1.54) is 12.1 Å². The Kier molecular flexibility index (Phi) is 6.21. The normalized spacial score (nSPS) is 18.2. The Morgan fingerprint density at radius 3 is 2.19 bits per heavy atom. The molecule has 5 nitrogen and oxygen atoms in total. The van der Waals surface area contributed by atoms with Gasteiger partial charge in [-0.1, -0.05) is 12.1 Å². The second-order valence-electron chi connectivity index (χ2n) is 7.57. The largest absolute Gasteiger partial charge is 0.453 e. The highest BCUT2D eigenvalue weighted by atomic mass is 32.1. The predicted octanol–water partition coefficient (Wildman–Crippen LogP) is 3.91. The van der Waals surface area contributed by atoms with Crippen molar-refractivity contribution >= 4 is 24.7 Å². The summed E-state index contributed by atoms with van der Waals surface area (Å²) >= 11 is 4.14. The van der Waals surface area contributed by atoms with Crippen LogP contribution in [0.1, 0.15) is 46.1 Å². The van der Waals surface area contributed by atoms with Gasteiger partial charge in [-0.25, -0.2) is 9.18 Å². The molecule has 1 amide bonds. The van der Waals surface area contributed by atoms with Crippen molar-refractivity contribution in [1.82, 2.24) is 4.90 Å². The molecule has 1 aliphatic rings. The number of thiol groups is 1. The van der Waals surface area contributed by atoms with Crippen molar-refractivity contribution in [3.63, 3.8) is 0 Å².